The average molecular weight is 310 g/mol. The van der Waals surface area contributed by atoms with E-state index >= 15 is 0 Å². The Bertz CT molecular complexity index is 452. The molecule has 0 saturated carbocycles. The molecule has 1 rings (SSSR count). The number of halogens is 1. The van der Waals surface area contributed by atoms with Gasteiger partial charge in [-0.15, -0.1) is 12.3 Å². The van der Waals surface area contributed by atoms with E-state index in [2.05, 4.69) is 27.2 Å². The summed E-state index contributed by atoms with van der Waals surface area (Å²) in [5.74, 6) is 3.26. The van der Waals surface area contributed by atoms with Crippen LogP contribution in [0.1, 0.15) is 25.7 Å². The van der Waals surface area contributed by atoms with Gasteiger partial charge < -0.3 is 10.1 Å². The molecule has 0 aromatic heterocycles. The highest BCUT2D eigenvalue weighted by Gasteiger charge is 2.06. The lowest BCUT2D eigenvalue weighted by atomic mass is 10.2. The molecule has 1 aromatic rings. The van der Waals surface area contributed by atoms with Crippen LogP contribution in [0.3, 0.4) is 0 Å². The second-order valence-electron chi connectivity index (χ2n) is 3.81. The minimum atomic E-state index is -0.0130. The summed E-state index contributed by atoms with van der Waals surface area (Å²) in [6.07, 6.45) is 8.03. The molecule has 4 heteroatoms. The Morgan fingerprint density at radius 1 is 1.50 bits per heavy atom. The fourth-order valence-corrected chi connectivity index (χ4v) is 1.80. The van der Waals surface area contributed by atoms with Gasteiger partial charge in [-0.25, -0.2) is 0 Å². The van der Waals surface area contributed by atoms with E-state index in [-0.39, 0.29) is 5.91 Å². The summed E-state index contributed by atoms with van der Waals surface area (Å²) in [5.41, 5.74) is 0.719. The van der Waals surface area contributed by atoms with Gasteiger partial charge in [0.25, 0.3) is 0 Å². The zero-order valence-corrected chi connectivity index (χ0v) is 11.9. The maximum atomic E-state index is 11.7. The average Bonchev–Trinajstić information content (AvgIpc) is 2.37. The van der Waals surface area contributed by atoms with Crippen molar-refractivity contribution in [2.45, 2.75) is 25.7 Å². The van der Waals surface area contributed by atoms with Crippen LogP contribution >= 0.6 is 15.9 Å². The molecule has 0 aliphatic heterocycles. The van der Waals surface area contributed by atoms with Crippen LogP contribution in [0.4, 0.5) is 5.69 Å². The molecular formula is C14H16BrNO2. The third kappa shape index (κ3) is 4.80. The number of ether oxygens (including phenoxy) is 1. The Kier molecular flexibility index (Phi) is 6.31. The van der Waals surface area contributed by atoms with E-state index in [0.717, 1.165) is 29.4 Å². The maximum absolute atomic E-state index is 11.7. The number of anilines is 1. The first-order valence-electron chi connectivity index (χ1n) is 5.74. The number of rotatable bonds is 6. The van der Waals surface area contributed by atoms with Crippen molar-refractivity contribution in [2.75, 3.05) is 12.4 Å². The van der Waals surface area contributed by atoms with E-state index < -0.39 is 0 Å². The largest absolute Gasteiger partial charge is 0.497 e. The highest BCUT2D eigenvalue weighted by molar-refractivity contribution is 9.10. The Morgan fingerprint density at radius 3 is 2.94 bits per heavy atom. The zero-order chi connectivity index (χ0) is 13.4. The van der Waals surface area contributed by atoms with Crippen molar-refractivity contribution >= 4 is 27.5 Å². The van der Waals surface area contributed by atoms with Crippen molar-refractivity contribution in [3.05, 3.63) is 22.7 Å². The predicted octanol–water partition coefficient (Wildman–Crippen LogP) is 3.59. The number of carbonyl (C=O) groups is 1. The normalized spacial score (nSPS) is 9.61. The summed E-state index contributed by atoms with van der Waals surface area (Å²) in [7, 11) is 1.59. The molecule has 0 atom stereocenters. The highest BCUT2D eigenvalue weighted by Crippen LogP contribution is 2.27. The molecule has 0 aliphatic rings. The molecule has 3 nitrogen and oxygen atoms in total. The van der Waals surface area contributed by atoms with Gasteiger partial charge in [0.1, 0.15) is 5.75 Å². The van der Waals surface area contributed by atoms with Gasteiger partial charge in [0.2, 0.25) is 5.91 Å². The van der Waals surface area contributed by atoms with Gasteiger partial charge in [-0.2, -0.15) is 0 Å². The van der Waals surface area contributed by atoms with Crippen molar-refractivity contribution in [3.63, 3.8) is 0 Å². The quantitative estimate of drug-likeness (QED) is 0.644. The summed E-state index contributed by atoms with van der Waals surface area (Å²) in [6, 6.07) is 5.45. The summed E-state index contributed by atoms with van der Waals surface area (Å²) >= 11 is 3.38. The lowest BCUT2D eigenvalue weighted by Crippen LogP contribution is -2.11. The van der Waals surface area contributed by atoms with Crippen LogP contribution in [-0.4, -0.2) is 13.0 Å². The second kappa shape index (κ2) is 7.78. The number of hydrogen-bond acceptors (Lipinski definition) is 2. The first-order chi connectivity index (χ1) is 8.67. The van der Waals surface area contributed by atoms with Gasteiger partial charge in [0.05, 0.1) is 12.8 Å². The molecule has 0 fully saturated rings. The van der Waals surface area contributed by atoms with Crippen molar-refractivity contribution in [1.82, 2.24) is 0 Å². The van der Waals surface area contributed by atoms with Crippen LogP contribution in [0.2, 0.25) is 0 Å². The standard InChI is InChI=1S/C14H16BrNO2/c1-3-4-5-6-7-14(17)16-13-10-11(18-2)8-9-12(13)15/h1,8-10H,4-7H2,2H3,(H,16,17). The fourth-order valence-electron chi connectivity index (χ4n) is 1.45. The molecule has 18 heavy (non-hydrogen) atoms. The first kappa shape index (κ1) is 14.6. The van der Waals surface area contributed by atoms with Crippen LogP contribution in [0, 0.1) is 12.3 Å². The number of carbonyl (C=O) groups excluding carboxylic acids is 1. The predicted molar refractivity (Wildman–Crippen MR) is 76.6 cm³/mol. The Balaban J connectivity index is 2.51. The summed E-state index contributed by atoms with van der Waals surface area (Å²) in [4.78, 5) is 11.7. The maximum Gasteiger partial charge on any atom is 0.224 e. The molecular weight excluding hydrogens is 294 g/mol. The minimum absolute atomic E-state index is 0.0130. The van der Waals surface area contributed by atoms with E-state index in [4.69, 9.17) is 11.2 Å². The SMILES string of the molecule is C#CCCCCC(=O)Nc1cc(OC)ccc1Br. The molecule has 1 N–H and O–H groups in total. The molecule has 0 spiro atoms. The minimum Gasteiger partial charge on any atom is -0.497 e. The first-order valence-corrected chi connectivity index (χ1v) is 6.53. The number of terminal acetylenes is 1. The summed E-state index contributed by atoms with van der Waals surface area (Å²) in [6.45, 7) is 0. The molecule has 0 radical (unpaired) electrons. The Labute approximate surface area is 116 Å². The number of amides is 1. The zero-order valence-electron chi connectivity index (χ0n) is 10.3. The molecule has 1 aromatic carbocycles. The highest BCUT2D eigenvalue weighted by atomic mass is 79.9. The second-order valence-corrected chi connectivity index (χ2v) is 4.66. The Morgan fingerprint density at radius 2 is 2.28 bits per heavy atom. The van der Waals surface area contributed by atoms with Crippen molar-refractivity contribution in [1.29, 1.82) is 0 Å². The van der Waals surface area contributed by atoms with E-state index in [0.29, 0.717) is 12.2 Å². The third-order valence-electron chi connectivity index (χ3n) is 2.42. The van der Waals surface area contributed by atoms with Crippen molar-refractivity contribution in [3.8, 4) is 18.1 Å². The van der Waals surface area contributed by atoms with Crippen molar-refractivity contribution < 1.29 is 9.53 Å². The topological polar surface area (TPSA) is 38.3 Å². The summed E-state index contributed by atoms with van der Waals surface area (Å²) in [5, 5.41) is 2.84. The number of benzene rings is 1. The van der Waals surface area contributed by atoms with Crippen LogP contribution in [0.5, 0.6) is 5.75 Å². The van der Waals surface area contributed by atoms with Crippen molar-refractivity contribution in [2.24, 2.45) is 0 Å². The van der Waals surface area contributed by atoms with E-state index in [1.165, 1.54) is 0 Å². The van der Waals surface area contributed by atoms with Gasteiger partial charge in [-0.3, -0.25) is 4.79 Å². The number of nitrogens with one attached hydrogen (secondary N) is 1. The lowest BCUT2D eigenvalue weighted by Gasteiger charge is -2.09. The van der Waals surface area contributed by atoms with Gasteiger partial charge in [-0.05, 0) is 40.9 Å². The van der Waals surface area contributed by atoms with Crippen LogP contribution in [0.25, 0.3) is 0 Å². The van der Waals surface area contributed by atoms with Crippen LogP contribution < -0.4 is 10.1 Å². The number of unbranched alkanes of at least 4 members (excludes halogenated alkanes) is 2. The Hall–Kier alpha value is -1.47. The molecule has 0 heterocycles. The molecule has 0 aliphatic carbocycles. The lowest BCUT2D eigenvalue weighted by molar-refractivity contribution is -0.116. The molecule has 1 amide bonds. The number of methoxy groups -OCH3 is 1. The third-order valence-corrected chi connectivity index (χ3v) is 3.11. The molecule has 0 bridgehead atoms. The van der Waals surface area contributed by atoms with E-state index in [1.54, 1.807) is 13.2 Å². The van der Waals surface area contributed by atoms with Gasteiger partial charge in [0, 0.05) is 23.4 Å². The van der Waals surface area contributed by atoms with Gasteiger partial charge in [-0.1, -0.05) is 0 Å². The van der Waals surface area contributed by atoms with E-state index in [9.17, 15) is 4.79 Å². The monoisotopic (exact) mass is 309 g/mol. The molecule has 0 unspecified atom stereocenters. The fraction of sp³-hybridized carbons (Fsp3) is 0.357. The van der Waals surface area contributed by atoms with Gasteiger partial charge >= 0.3 is 0 Å². The van der Waals surface area contributed by atoms with Crippen LogP contribution in [-0.2, 0) is 4.79 Å². The number of hydrogen-bond donors (Lipinski definition) is 1. The van der Waals surface area contributed by atoms with E-state index in [1.807, 2.05) is 12.1 Å². The molecule has 0 saturated heterocycles. The smallest absolute Gasteiger partial charge is 0.224 e. The van der Waals surface area contributed by atoms with Gasteiger partial charge in [0.15, 0.2) is 0 Å². The van der Waals surface area contributed by atoms with Crippen LogP contribution in [0.15, 0.2) is 22.7 Å². The molecule has 96 valence electrons. The summed E-state index contributed by atoms with van der Waals surface area (Å²) < 4.78 is 5.94.